The van der Waals surface area contributed by atoms with E-state index in [1.165, 1.54) is 13.0 Å². The lowest BCUT2D eigenvalue weighted by molar-refractivity contribution is 0.416. The van der Waals surface area contributed by atoms with Crippen molar-refractivity contribution in [2.24, 2.45) is 0 Å². The van der Waals surface area contributed by atoms with Crippen molar-refractivity contribution >= 4 is 10.2 Å². The molecule has 1 rings (SSSR count). The van der Waals surface area contributed by atoms with Gasteiger partial charge in [0.25, 0.3) is 0 Å². The van der Waals surface area contributed by atoms with Crippen molar-refractivity contribution in [2.45, 2.75) is 12.0 Å². The van der Waals surface area contributed by atoms with Crippen LogP contribution in [-0.4, -0.2) is 8.42 Å². The molecular weight excluding hydrogens is 159 g/mol. The fourth-order valence-corrected chi connectivity index (χ4v) is 1.00. The standard InChI is InChI=1S/C5H5FO3S/c1-4-2-3-5(9-4)10(6,7)8/h2-3H,1H3. The van der Waals surface area contributed by atoms with Gasteiger partial charge in [-0.05, 0) is 19.1 Å². The van der Waals surface area contributed by atoms with Crippen LogP contribution >= 0.6 is 0 Å². The molecule has 0 amide bonds. The van der Waals surface area contributed by atoms with Crippen LogP contribution in [0.5, 0.6) is 0 Å². The zero-order valence-electron chi connectivity index (χ0n) is 5.17. The summed E-state index contributed by atoms with van der Waals surface area (Å²) in [6, 6.07) is 2.46. The van der Waals surface area contributed by atoms with Gasteiger partial charge in [0.05, 0.1) is 0 Å². The first-order chi connectivity index (χ1) is 4.50. The van der Waals surface area contributed by atoms with Gasteiger partial charge in [-0.1, -0.05) is 3.89 Å². The summed E-state index contributed by atoms with van der Waals surface area (Å²) in [5.74, 6) is 0.372. The third kappa shape index (κ3) is 1.36. The summed E-state index contributed by atoms with van der Waals surface area (Å²) in [6.45, 7) is 1.54. The van der Waals surface area contributed by atoms with Gasteiger partial charge in [-0.2, -0.15) is 8.42 Å². The highest BCUT2D eigenvalue weighted by Crippen LogP contribution is 2.14. The van der Waals surface area contributed by atoms with Gasteiger partial charge in [-0.25, -0.2) is 0 Å². The van der Waals surface area contributed by atoms with Crippen molar-refractivity contribution in [1.82, 2.24) is 0 Å². The summed E-state index contributed by atoms with van der Waals surface area (Å²) in [6.07, 6.45) is 0. The molecule has 0 aromatic carbocycles. The Hall–Kier alpha value is -0.840. The van der Waals surface area contributed by atoms with E-state index in [1.807, 2.05) is 0 Å². The number of hydrogen-bond acceptors (Lipinski definition) is 3. The van der Waals surface area contributed by atoms with Crippen LogP contribution in [0.3, 0.4) is 0 Å². The maximum atomic E-state index is 12.0. The zero-order valence-corrected chi connectivity index (χ0v) is 5.98. The normalized spacial score (nSPS) is 11.8. The lowest BCUT2D eigenvalue weighted by Gasteiger charge is -1.83. The van der Waals surface area contributed by atoms with Crippen molar-refractivity contribution in [2.75, 3.05) is 0 Å². The van der Waals surface area contributed by atoms with Gasteiger partial charge in [0.15, 0.2) is 0 Å². The molecular formula is C5H5FO3S. The quantitative estimate of drug-likeness (QED) is 0.587. The highest BCUT2D eigenvalue weighted by molar-refractivity contribution is 7.86. The Bertz CT molecular complexity index is 324. The first-order valence-electron chi connectivity index (χ1n) is 2.51. The largest absolute Gasteiger partial charge is 0.448 e. The second-order valence-corrected chi connectivity index (χ2v) is 3.08. The summed E-state index contributed by atoms with van der Waals surface area (Å²) < 4.78 is 36.7. The lowest BCUT2D eigenvalue weighted by atomic mass is 10.5. The molecule has 0 N–H and O–H groups in total. The lowest BCUT2D eigenvalue weighted by Crippen LogP contribution is -1.86. The second kappa shape index (κ2) is 2.09. The minimum absolute atomic E-state index is 0.372. The van der Waals surface area contributed by atoms with Crippen molar-refractivity contribution in [3.8, 4) is 0 Å². The third-order valence-electron chi connectivity index (χ3n) is 0.956. The Morgan fingerprint density at radius 1 is 1.50 bits per heavy atom. The Morgan fingerprint density at radius 3 is 2.30 bits per heavy atom. The van der Waals surface area contributed by atoms with E-state index in [9.17, 15) is 12.3 Å². The summed E-state index contributed by atoms with van der Waals surface area (Å²) in [4.78, 5) is 0. The molecule has 0 aliphatic carbocycles. The maximum Gasteiger partial charge on any atom is 0.365 e. The van der Waals surface area contributed by atoms with E-state index in [0.29, 0.717) is 5.76 Å². The highest BCUT2D eigenvalue weighted by Gasteiger charge is 2.15. The number of furan rings is 1. The molecule has 0 radical (unpaired) electrons. The van der Waals surface area contributed by atoms with E-state index < -0.39 is 15.3 Å². The average Bonchev–Trinajstić information content (AvgIpc) is 2.11. The minimum atomic E-state index is -4.65. The predicted octanol–water partition coefficient (Wildman–Crippen LogP) is 1.25. The van der Waals surface area contributed by atoms with E-state index in [1.54, 1.807) is 0 Å². The summed E-state index contributed by atoms with van der Waals surface area (Å²) in [7, 11) is -4.65. The Kier molecular flexibility index (Phi) is 1.52. The van der Waals surface area contributed by atoms with Gasteiger partial charge in [0.2, 0.25) is 5.09 Å². The molecule has 0 saturated heterocycles. The number of hydrogen-bond donors (Lipinski definition) is 0. The van der Waals surface area contributed by atoms with Gasteiger partial charge < -0.3 is 4.42 Å². The zero-order chi connectivity index (χ0) is 7.78. The molecule has 5 heteroatoms. The molecule has 0 spiro atoms. The smallest absolute Gasteiger partial charge is 0.365 e. The topological polar surface area (TPSA) is 47.3 Å². The molecule has 0 unspecified atom stereocenters. The highest BCUT2D eigenvalue weighted by atomic mass is 32.3. The van der Waals surface area contributed by atoms with E-state index in [0.717, 1.165) is 6.07 Å². The van der Waals surface area contributed by atoms with Crippen LogP contribution in [0.2, 0.25) is 0 Å². The summed E-state index contributed by atoms with van der Waals surface area (Å²) in [5, 5.41) is -0.634. The van der Waals surface area contributed by atoms with Crippen molar-refractivity contribution < 1.29 is 16.7 Å². The van der Waals surface area contributed by atoms with E-state index >= 15 is 0 Å². The molecule has 0 aliphatic heterocycles. The fourth-order valence-electron chi connectivity index (χ4n) is 0.543. The second-order valence-electron chi connectivity index (χ2n) is 1.80. The van der Waals surface area contributed by atoms with Crippen LogP contribution in [0.4, 0.5) is 3.89 Å². The third-order valence-corrected chi connectivity index (χ3v) is 1.66. The van der Waals surface area contributed by atoms with Gasteiger partial charge in [0.1, 0.15) is 5.76 Å². The van der Waals surface area contributed by atoms with Crippen molar-refractivity contribution in [3.63, 3.8) is 0 Å². The van der Waals surface area contributed by atoms with Crippen LogP contribution in [0, 0.1) is 6.92 Å². The van der Waals surface area contributed by atoms with Gasteiger partial charge in [-0.3, -0.25) is 0 Å². The molecule has 1 aromatic rings. The predicted molar refractivity (Wildman–Crippen MR) is 31.7 cm³/mol. The fraction of sp³-hybridized carbons (Fsp3) is 0.200. The first kappa shape index (κ1) is 7.27. The summed E-state index contributed by atoms with van der Waals surface area (Å²) in [5.41, 5.74) is 0. The average molecular weight is 164 g/mol. The van der Waals surface area contributed by atoms with E-state index in [2.05, 4.69) is 4.42 Å². The van der Waals surface area contributed by atoms with Gasteiger partial charge >= 0.3 is 10.2 Å². The molecule has 1 aromatic heterocycles. The minimum Gasteiger partial charge on any atom is -0.448 e. The number of halogens is 1. The molecule has 0 atom stereocenters. The number of aryl methyl sites for hydroxylation is 1. The van der Waals surface area contributed by atoms with Crippen LogP contribution < -0.4 is 0 Å². The monoisotopic (exact) mass is 164 g/mol. The molecule has 0 aliphatic rings. The van der Waals surface area contributed by atoms with Gasteiger partial charge in [-0.15, -0.1) is 0 Å². The molecule has 0 fully saturated rings. The maximum absolute atomic E-state index is 12.0. The molecule has 0 bridgehead atoms. The SMILES string of the molecule is Cc1ccc(S(=O)(=O)F)o1. The molecule has 0 saturated carbocycles. The van der Waals surface area contributed by atoms with Crippen LogP contribution in [0.1, 0.15) is 5.76 Å². The van der Waals surface area contributed by atoms with Crippen molar-refractivity contribution in [3.05, 3.63) is 17.9 Å². The van der Waals surface area contributed by atoms with Crippen LogP contribution in [-0.2, 0) is 10.2 Å². The van der Waals surface area contributed by atoms with Crippen LogP contribution in [0.15, 0.2) is 21.6 Å². The van der Waals surface area contributed by atoms with E-state index in [-0.39, 0.29) is 0 Å². The number of rotatable bonds is 1. The molecule has 56 valence electrons. The summed E-state index contributed by atoms with van der Waals surface area (Å²) >= 11 is 0. The Morgan fingerprint density at radius 2 is 2.10 bits per heavy atom. The molecule has 3 nitrogen and oxygen atoms in total. The first-order valence-corrected chi connectivity index (χ1v) is 3.89. The van der Waals surface area contributed by atoms with Gasteiger partial charge in [0, 0.05) is 0 Å². The van der Waals surface area contributed by atoms with Crippen molar-refractivity contribution in [1.29, 1.82) is 0 Å². The Labute approximate surface area is 57.7 Å². The van der Waals surface area contributed by atoms with E-state index in [4.69, 9.17) is 0 Å². The van der Waals surface area contributed by atoms with Crippen LogP contribution in [0.25, 0.3) is 0 Å². The Balaban J connectivity index is 3.21. The molecule has 10 heavy (non-hydrogen) atoms. The molecule has 1 heterocycles.